The molecule has 0 fully saturated rings. The van der Waals surface area contributed by atoms with Crippen LogP contribution in [-0.4, -0.2) is 29.7 Å². The fourth-order valence-electron chi connectivity index (χ4n) is 5.26. The molecule has 8 heteroatoms. The lowest BCUT2D eigenvalue weighted by Gasteiger charge is -2.46. The molecule has 3 aromatic rings. The van der Waals surface area contributed by atoms with Gasteiger partial charge in [0.05, 0.1) is 29.5 Å². The van der Waals surface area contributed by atoms with Crippen LogP contribution in [-0.2, 0) is 14.3 Å². The molecule has 2 aliphatic heterocycles. The van der Waals surface area contributed by atoms with Crippen molar-refractivity contribution in [3.05, 3.63) is 111 Å². The van der Waals surface area contributed by atoms with Crippen molar-refractivity contribution in [2.75, 3.05) is 11.6 Å². The van der Waals surface area contributed by atoms with Gasteiger partial charge in [0.2, 0.25) is 0 Å². The molecule has 1 amide bonds. The van der Waals surface area contributed by atoms with Crippen molar-refractivity contribution in [2.45, 2.75) is 38.6 Å². The summed E-state index contributed by atoms with van der Waals surface area (Å²) < 4.78 is 5.50. The average Bonchev–Trinajstić information content (AvgIpc) is 3.29. The Labute approximate surface area is 231 Å². The van der Waals surface area contributed by atoms with Gasteiger partial charge in [-0.2, -0.15) is 5.10 Å². The number of carbonyl (C=O) groups excluding carboxylic acids is 2. The van der Waals surface area contributed by atoms with Gasteiger partial charge in [0.25, 0.3) is 5.91 Å². The van der Waals surface area contributed by atoms with E-state index in [-0.39, 0.29) is 18.9 Å². The number of ether oxygens (including phenoxy) is 1. The van der Waals surface area contributed by atoms with Crippen molar-refractivity contribution in [1.82, 2.24) is 5.32 Å². The number of hydrogen-bond acceptors (Lipinski definition) is 5. The molecule has 38 heavy (non-hydrogen) atoms. The van der Waals surface area contributed by atoms with E-state index in [1.165, 1.54) is 0 Å². The number of hydrogen-bond donors (Lipinski definition) is 1. The maximum Gasteiger partial charge on any atom is 0.336 e. The molecule has 0 aromatic heterocycles. The quantitative estimate of drug-likeness (QED) is 0.375. The van der Waals surface area contributed by atoms with E-state index >= 15 is 0 Å². The van der Waals surface area contributed by atoms with Crippen LogP contribution in [0.3, 0.4) is 0 Å². The van der Waals surface area contributed by atoms with Gasteiger partial charge in [-0.15, -0.1) is 0 Å². The molecule has 2 aliphatic rings. The third kappa shape index (κ3) is 4.48. The number of aryl methyl sites for hydroxylation is 1. The molecule has 0 unspecified atom stereocenters. The zero-order chi connectivity index (χ0) is 27.0. The molecular weight excluding hydrogens is 521 g/mol. The number of amides is 1. The Morgan fingerprint density at radius 3 is 2.21 bits per heavy atom. The molecule has 1 spiro atoms. The number of nitrogens with one attached hydrogen (secondary N) is 1. The van der Waals surface area contributed by atoms with E-state index in [0.717, 1.165) is 22.4 Å². The Morgan fingerprint density at radius 1 is 1.00 bits per heavy atom. The first-order valence-corrected chi connectivity index (χ1v) is 13.2. The smallest absolute Gasteiger partial charge is 0.336 e. The molecule has 194 valence electrons. The molecule has 3 aromatic carbocycles. The summed E-state index contributed by atoms with van der Waals surface area (Å²) in [4.78, 5) is 27.7. The first-order valence-electron chi connectivity index (χ1n) is 12.4. The monoisotopic (exact) mass is 547 g/mol. The predicted octanol–water partition coefficient (Wildman–Crippen LogP) is 6.41. The lowest BCUT2D eigenvalue weighted by molar-refractivity contribution is -0.139. The zero-order valence-corrected chi connectivity index (χ0v) is 22.8. The van der Waals surface area contributed by atoms with Crippen LogP contribution in [0.4, 0.5) is 5.69 Å². The van der Waals surface area contributed by atoms with E-state index in [9.17, 15) is 9.59 Å². The molecule has 1 N–H and O–H groups in total. The van der Waals surface area contributed by atoms with E-state index in [2.05, 4.69) is 5.32 Å². The SMILES string of the molecule is CCOC(=O)C1=C(C)NC(=O)[C@@]2(CC(c3ccc(C)cc3)=NN2c2ccc(Cl)cc2)[C@H]1c1ccc(Cl)cc1. The fraction of sp³-hybridized carbons (Fsp3) is 0.233. The number of carbonyl (C=O) groups is 2. The largest absolute Gasteiger partial charge is 0.463 e. The van der Waals surface area contributed by atoms with Crippen molar-refractivity contribution >= 4 is 46.5 Å². The normalized spacial score (nSPS) is 21.0. The van der Waals surface area contributed by atoms with Crippen LogP contribution in [0.1, 0.15) is 42.9 Å². The summed E-state index contributed by atoms with van der Waals surface area (Å²) in [5.41, 5.74) is 3.72. The van der Waals surface area contributed by atoms with Gasteiger partial charge in [0.1, 0.15) is 0 Å². The summed E-state index contributed by atoms with van der Waals surface area (Å²) >= 11 is 12.4. The van der Waals surface area contributed by atoms with Crippen molar-refractivity contribution in [3.63, 3.8) is 0 Å². The van der Waals surface area contributed by atoms with Crippen LogP contribution < -0.4 is 10.3 Å². The first kappa shape index (κ1) is 26.0. The molecule has 0 saturated heterocycles. The van der Waals surface area contributed by atoms with E-state index < -0.39 is 17.4 Å². The summed E-state index contributed by atoms with van der Waals surface area (Å²) in [5, 5.41) is 10.9. The molecule has 0 bridgehead atoms. The molecular formula is C30H27Cl2N3O3. The highest BCUT2D eigenvalue weighted by molar-refractivity contribution is 6.31. The molecule has 0 aliphatic carbocycles. The van der Waals surface area contributed by atoms with Crippen LogP contribution in [0.5, 0.6) is 0 Å². The predicted molar refractivity (Wildman–Crippen MR) is 151 cm³/mol. The summed E-state index contributed by atoms with van der Waals surface area (Å²) in [7, 11) is 0. The van der Waals surface area contributed by atoms with Crippen LogP contribution >= 0.6 is 23.2 Å². The number of halogens is 2. The van der Waals surface area contributed by atoms with Crippen LogP contribution in [0.15, 0.2) is 89.2 Å². The topological polar surface area (TPSA) is 71.0 Å². The summed E-state index contributed by atoms with van der Waals surface area (Å²) in [6.45, 7) is 5.71. The van der Waals surface area contributed by atoms with E-state index in [1.807, 2.05) is 55.5 Å². The van der Waals surface area contributed by atoms with E-state index in [0.29, 0.717) is 27.0 Å². The Balaban J connectivity index is 1.77. The lowest BCUT2D eigenvalue weighted by atomic mass is 9.68. The Kier molecular flexibility index (Phi) is 7.03. The zero-order valence-electron chi connectivity index (χ0n) is 21.3. The number of allylic oxidation sites excluding steroid dienone is 1. The Bertz CT molecular complexity index is 1450. The highest BCUT2D eigenvalue weighted by atomic mass is 35.5. The highest BCUT2D eigenvalue weighted by Crippen LogP contribution is 2.50. The summed E-state index contributed by atoms with van der Waals surface area (Å²) in [6.07, 6.45) is 0.258. The van der Waals surface area contributed by atoms with Crippen LogP contribution in [0, 0.1) is 6.92 Å². The minimum Gasteiger partial charge on any atom is -0.463 e. The maximum atomic E-state index is 14.2. The summed E-state index contributed by atoms with van der Waals surface area (Å²) in [5.74, 6) is -1.44. The van der Waals surface area contributed by atoms with Gasteiger partial charge < -0.3 is 10.1 Å². The number of esters is 1. The average molecular weight is 548 g/mol. The lowest BCUT2D eigenvalue weighted by Crippen LogP contribution is -2.62. The molecule has 0 saturated carbocycles. The maximum absolute atomic E-state index is 14.2. The number of nitrogens with zero attached hydrogens (tertiary/aromatic N) is 2. The van der Waals surface area contributed by atoms with Crippen molar-refractivity contribution in [1.29, 1.82) is 0 Å². The minimum absolute atomic E-state index is 0.204. The third-order valence-electron chi connectivity index (χ3n) is 7.05. The fourth-order valence-corrected chi connectivity index (χ4v) is 5.51. The molecule has 5 rings (SSSR count). The van der Waals surface area contributed by atoms with Crippen molar-refractivity contribution < 1.29 is 14.3 Å². The first-order chi connectivity index (χ1) is 18.2. The van der Waals surface area contributed by atoms with Gasteiger partial charge in [0.15, 0.2) is 5.54 Å². The number of anilines is 1. The molecule has 2 atom stereocenters. The van der Waals surface area contributed by atoms with Gasteiger partial charge in [-0.1, -0.05) is 65.2 Å². The summed E-state index contributed by atoms with van der Waals surface area (Å²) in [6, 6.07) is 22.4. The second-order valence-corrected chi connectivity index (χ2v) is 10.4. The number of rotatable bonds is 5. The minimum atomic E-state index is -1.30. The standard InChI is InChI=1S/C30H27Cl2N3O3/c1-4-38-28(36)26-19(3)33-29(37)30(27(26)21-9-11-22(31)12-10-21)17-25(20-7-5-18(2)6-8-20)34-35(30)24-15-13-23(32)14-16-24/h5-16,27H,4,17H2,1-3H3,(H,33,37)/t27-,30+/m0/s1. The number of hydrazone groups is 1. The molecule has 2 heterocycles. The van der Waals surface area contributed by atoms with Gasteiger partial charge in [0, 0.05) is 22.2 Å². The second-order valence-electron chi connectivity index (χ2n) is 9.50. The Hall–Kier alpha value is -3.61. The van der Waals surface area contributed by atoms with Crippen molar-refractivity contribution in [2.24, 2.45) is 5.10 Å². The van der Waals surface area contributed by atoms with Crippen LogP contribution in [0.2, 0.25) is 10.0 Å². The van der Waals surface area contributed by atoms with Crippen molar-refractivity contribution in [3.8, 4) is 0 Å². The van der Waals surface area contributed by atoms with Crippen LogP contribution in [0.25, 0.3) is 0 Å². The Morgan fingerprint density at radius 2 is 1.61 bits per heavy atom. The van der Waals surface area contributed by atoms with E-state index in [4.69, 9.17) is 33.0 Å². The van der Waals surface area contributed by atoms with Gasteiger partial charge >= 0.3 is 5.97 Å². The third-order valence-corrected chi connectivity index (χ3v) is 7.56. The molecule has 0 radical (unpaired) electrons. The van der Waals surface area contributed by atoms with E-state index in [1.54, 1.807) is 43.1 Å². The molecule has 6 nitrogen and oxygen atoms in total. The van der Waals surface area contributed by atoms with Gasteiger partial charge in [-0.3, -0.25) is 4.79 Å². The highest BCUT2D eigenvalue weighted by Gasteiger charge is 2.60. The van der Waals surface area contributed by atoms with Gasteiger partial charge in [-0.05, 0) is 68.3 Å². The second kappa shape index (κ2) is 10.3. The number of benzene rings is 3. The van der Waals surface area contributed by atoms with Gasteiger partial charge in [-0.25, -0.2) is 9.80 Å².